The minimum atomic E-state index is -3.92. The maximum atomic E-state index is 12.2. The van der Waals surface area contributed by atoms with Gasteiger partial charge >= 0.3 is 5.97 Å². The minimum absolute atomic E-state index is 0.0103. The Morgan fingerprint density at radius 1 is 1.40 bits per heavy atom. The van der Waals surface area contributed by atoms with E-state index in [0.29, 0.717) is 0 Å². The lowest BCUT2D eigenvalue weighted by Gasteiger charge is -2.09. The Kier molecular flexibility index (Phi) is 3.98. The monoisotopic (exact) mass is 332 g/mol. The van der Waals surface area contributed by atoms with Crippen molar-refractivity contribution in [1.82, 2.24) is 4.98 Å². The van der Waals surface area contributed by atoms with E-state index in [1.165, 1.54) is 31.2 Å². The van der Waals surface area contributed by atoms with Gasteiger partial charge in [0.1, 0.15) is 0 Å². The van der Waals surface area contributed by atoms with Crippen LogP contribution in [0.2, 0.25) is 4.47 Å². The average molecular weight is 333 g/mol. The topological polar surface area (TPSA) is 96.4 Å². The molecule has 2 N–H and O–H groups in total. The molecule has 0 saturated heterocycles. The van der Waals surface area contributed by atoms with Crippen molar-refractivity contribution in [3.8, 4) is 0 Å². The third-order valence-corrected chi connectivity index (χ3v) is 5.61. The van der Waals surface area contributed by atoms with Crippen molar-refractivity contribution in [2.75, 3.05) is 4.72 Å². The molecule has 2 rings (SSSR count). The van der Waals surface area contributed by atoms with Crippen molar-refractivity contribution in [1.29, 1.82) is 0 Å². The smallest absolute Gasteiger partial charge is 0.337 e. The van der Waals surface area contributed by atoms with E-state index in [1.807, 2.05) is 0 Å². The molecule has 106 valence electrons. The number of thiazole rings is 1. The van der Waals surface area contributed by atoms with Crippen molar-refractivity contribution < 1.29 is 18.3 Å². The molecule has 0 aliphatic carbocycles. The Balaban J connectivity index is 2.44. The molecule has 0 aliphatic heterocycles. The Labute approximate surface area is 124 Å². The standard InChI is InChI=1S/C11H9ClN2O4S2/c1-6-10(19-11(12)13-6)20(17,18)14-8-5-3-2-4-7(8)9(15)16/h2-5,14H,1H3,(H,15,16). The second kappa shape index (κ2) is 5.39. The number of carboxylic acids is 1. The molecule has 20 heavy (non-hydrogen) atoms. The first-order chi connectivity index (χ1) is 9.31. The highest BCUT2D eigenvalue weighted by Crippen LogP contribution is 2.29. The number of aromatic nitrogens is 1. The molecule has 0 fully saturated rings. The van der Waals surface area contributed by atoms with Crippen LogP contribution in [-0.4, -0.2) is 24.5 Å². The van der Waals surface area contributed by atoms with Crippen LogP contribution in [0.15, 0.2) is 28.5 Å². The summed E-state index contributed by atoms with van der Waals surface area (Å²) in [6, 6.07) is 5.73. The van der Waals surface area contributed by atoms with Gasteiger partial charge in [0.2, 0.25) is 0 Å². The second-order valence-corrected chi connectivity index (χ2v) is 7.25. The molecule has 2 aromatic rings. The lowest BCUT2D eigenvalue weighted by molar-refractivity contribution is 0.0698. The molecule has 0 aliphatic rings. The maximum absolute atomic E-state index is 12.2. The fourth-order valence-electron chi connectivity index (χ4n) is 1.55. The number of nitrogens with one attached hydrogen (secondary N) is 1. The summed E-state index contributed by atoms with van der Waals surface area (Å²) in [5.74, 6) is -1.22. The first kappa shape index (κ1) is 14.8. The van der Waals surface area contributed by atoms with Crippen LogP contribution in [0.4, 0.5) is 5.69 Å². The van der Waals surface area contributed by atoms with Crippen LogP contribution in [0, 0.1) is 6.92 Å². The third kappa shape index (κ3) is 2.92. The summed E-state index contributed by atoms with van der Waals surface area (Å²) < 4.78 is 26.7. The van der Waals surface area contributed by atoms with Crippen molar-refractivity contribution in [2.24, 2.45) is 0 Å². The number of benzene rings is 1. The van der Waals surface area contributed by atoms with Crippen molar-refractivity contribution >= 4 is 44.6 Å². The van der Waals surface area contributed by atoms with Gasteiger partial charge in [-0.1, -0.05) is 35.1 Å². The molecule has 6 nitrogen and oxygen atoms in total. The Bertz CT molecular complexity index is 770. The van der Waals surface area contributed by atoms with Gasteiger partial charge in [0.15, 0.2) is 8.68 Å². The molecule has 0 radical (unpaired) electrons. The molecular weight excluding hydrogens is 324 g/mol. The normalized spacial score (nSPS) is 11.3. The number of carbonyl (C=O) groups is 1. The number of hydrogen-bond acceptors (Lipinski definition) is 5. The van der Waals surface area contributed by atoms with Gasteiger partial charge < -0.3 is 5.11 Å². The summed E-state index contributed by atoms with van der Waals surface area (Å²) >= 11 is 6.49. The van der Waals surface area contributed by atoms with E-state index in [-0.39, 0.29) is 25.6 Å². The van der Waals surface area contributed by atoms with Crippen LogP contribution in [0.1, 0.15) is 16.1 Å². The van der Waals surface area contributed by atoms with Crippen LogP contribution >= 0.6 is 22.9 Å². The van der Waals surface area contributed by atoms with Crippen LogP contribution in [-0.2, 0) is 10.0 Å². The summed E-state index contributed by atoms with van der Waals surface area (Å²) in [5.41, 5.74) is 0.119. The number of sulfonamides is 1. The molecule has 0 amide bonds. The van der Waals surface area contributed by atoms with Gasteiger partial charge in [0, 0.05) is 0 Å². The summed E-state index contributed by atoms with van der Waals surface area (Å²) in [6.45, 7) is 1.51. The number of rotatable bonds is 4. The molecule has 0 unspecified atom stereocenters. The summed E-state index contributed by atoms with van der Waals surface area (Å²) in [7, 11) is -3.92. The van der Waals surface area contributed by atoms with Crippen LogP contribution in [0.25, 0.3) is 0 Å². The van der Waals surface area contributed by atoms with Gasteiger partial charge in [0.25, 0.3) is 10.0 Å². The lowest BCUT2D eigenvalue weighted by atomic mass is 10.2. The van der Waals surface area contributed by atoms with E-state index in [1.54, 1.807) is 0 Å². The number of nitrogens with zero attached hydrogens (tertiary/aromatic N) is 1. The van der Waals surface area contributed by atoms with E-state index in [0.717, 1.165) is 11.3 Å². The first-order valence-corrected chi connectivity index (χ1v) is 7.97. The number of anilines is 1. The highest BCUT2D eigenvalue weighted by molar-refractivity contribution is 7.94. The predicted molar refractivity (Wildman–Crippen MR) is 76.1 cm³/mol. The number of halogens is 1. The van der Waals surface area contributed by atoms with E-state index >= 15 is 0 Å². The molecule has 1 heterocycles. The predicted octanol–water partition coefficient (Wildman–Crippen LogP) is 2.60. The molecule has 0 spiro atoms. The molecule has 0 saturated carbocycles. The second-order valence-electron chi connectivity index (χ2n) is 3.80. The quantitative estimate of drug-likeness (QED) is 0.897. The van der Waals surface area contributed by atoms with Gasteiger partial charge in [-0.15, -0.1) is 0 Å². The van der Waals surface area contributed by atoms with Crippen molar-refractivity contribution in [3.05, 3.63) is 40.0 Å². The van der Waals surface area contributed by atoms with Crippen LogP contribution < -0.4 is 4.72 Å². The number of aromatic carboxylic acids is 1. The molecule has 1 aromatic carbocycles. The zero-order chi connectivity index (χ0) is 14.9. The Morgan fingerprint density at radius 2 is 2.05 bits per heavy atom. The van der Waals surface area contributed by atoms with Crippen molar-refractivity contribution in [2.45, 2.75) is 11.1 Å². The van der Waals surface area contributed by atoms with Gasteiger partial charge in [-0.25, -0.2) is 18.2 Å². The first-order valence-electron chi connectivity index (χ1n) is 5.29. The Morgan fingerprint density at radius 3 is 2.60 bits per heavy atom. The average Bonchev–Trinajstić information content (AvgIpc) is 2.69. The number of aryl methyl sites for hydroxylation is 1. The summed E-state index contributed by atoms with van der Waals surface area (Å²) in [6.07, 6.45) is 0. The van der Waals surface area contributed by atoms with Gasteiger partial charge in [-0.2, -0.15) is 0 Å². The maximum Gasteiger partial charge on any atom is 0.337 e. The molecule has 9 heteroatoms. The van der Waals surface area contributed by atoms with Crippen molar-refractivity contribution in [3.63, 3.8) is 0 Å². The molecular formula is C11H9ClN2O4S2. The van der Waals surface area contributed by atoms with E-state index in [9.17, 15) is 13.2 Å². The number of hydrogen-bond donors (Lipinski definition) is 2. The zero-order valence-electron chi connectivity index (χ0n) is 10.1. The SMILES string of the molecule is Cc1nc(Cl)sc1S(=O)(=O)Nc1ccccc1C(=O)O. The number of carboxylic acid groups (broad SMARTS) is 1. The molecule has 1 aromatic heterocycles. The fraction of sp³-hybridized carbons (Fsp3) is 0.0909. The third-order valence-electron chi connectivity index (χ3n) is 2.37. The highest BCUT2D eigenvalue weighted by atomic mass is 35.5. The minimum Gasteiger partial charge on any atom is -0.478 e. The zero-order valence-corrected chi connectivity index (χ0v) is 12.5. The molecule has 0 atom stereocenters. The molecule has 0 bridgehead atoms. The van der Waals surface area contributed by atoms with Crippen LogP contribution in [0.3, 0.4) is 0 Å². The highest BCUT2D eigenvalue weighted by Gasteiger charge is 2.23. The fourth-order valence-corrected chi connectivity index (χ4v) is 4.37. The summed E-state index contributed by atoms with van der Waals surface area (Å²) in [5, 5.41) is 9.03. The largest absolute Gasteiger partial charge is 0.478 e. The van der Waals surface area contributed by atoms with Crippen LogP contribution in [0.5, 0.6) is 0 Å². The Hall–Kier alpha value is -1.64. The van der Waals surface area contributed by atoms with E-state index in [4.69, 9.17) is 16.7 Å². The number of para-hydroxylation sites is 1. The summed E-state index contributed by atoms with van der Waals surface area (Å²) in [4.78, 5) is 14.9. The van der Waals surface area contributed by atoms with Gasteiger partial charge in [-0.3, -0.25) is 4.72 Å². The van der Waals surface area contributed by atoms with Gasteiger partial charge in [0.05, 0.1) is 16.9 Å². The lowest BCUT2D eigenvalue weighted by Crippen LogP contribution is -2.15. The van der Waals surface area contributed by atoms with E-state index in [2.05, 4.69) is 9.71 Å². The van der Waals surface area contributed by atoms with Gasteiger partial charge in [-0.05, 0) is 19.1 Å². The van der Waals surface area contributed by atoms with E-state index < -0.39 is 16.0 Å².